The Bertz CT molecular complexity index is 1390. The molecule has 1 aromatic heterocycles. The first kappa shape index (κ1) is 27.7. The Kier molecular flexibility index (Phi) is 9.20. The molecule has 1 atom stereocenters. The van der Waals surface area contributed by atoms with Crippen LogP contribution in [0.3, 0.4) is 0 Å². The Balaban J connectivity index is 1.42. The lowest BCUT2D eigenvalue weighted by atomic mass is 10.1. The molecular weight excluding hydrogens is 493 g/mol. The molecule has 7 nitrogen and oxygen atoms in total. The van der Waals surface area contributed by atoms with Crippen molar-refractivity contribution in [3.63, 3.8) is 0 Å². The van der Waals surface area contributed by atoms with Crippen molar-refractivity contribution in [2.45, 2.75) is 32.4 Å². The number of nitrogens with zero attached hydrogens (tertiary/aromatic N) is 3. The van der Waals surface area contributed by atoms with Gasteiger partial charge in [-0.25, -0.2) is 9.18 Å². The largest absolute Gasteiger partial charge is 0.497 e. The number of hydrogen-bond acceptors (Lipinski definition) is 5. The van der Waals surface area contributed by atoms with Crippen molar-refractivity contribution in [2.24, 2.45) is 0 Å². The van der Waals surface area contributed by atoms with Crippen molar-refractivity contribution in [2.75, 3.05) is 43.3 Å². The molecule has 0 spiro atoms. The molecule has 1 heterocycles. The van der Waals surface area contributed by atoms with Crippen molar-refractivity contribution >= 4 is 34.0 Å². The number of urea groups is 1. The van der Waals surface area contributed by atoms with Crippen molar-refractivity contribution in [1.29, 1.82) is 0 Å². The van der Waals surface area contributed by atoms with Gasteiger partial charge < -0.3 is 25.2 Å². The van der Waals surface area contributed by atoms with E-state index in [2.05, 4.69) is 22.5 Å². The molecule has 39 heavy (non-hydrogen) atoms. The molecule has 4 rings (SSSR count). The van der Waals surface area contributed by atoms with Gasteiger partial charge in [0.25, 0.3) is 0 Å². The molecular formula is C31H36FN5O2. The number of carbonyl (C=O) groups is 1. The molecule has 0 saturated carbocycles. The maximum atomic E-state index is 13.7. The predicted molar refractivity (Wildman–Crippen MR) is 157 cm³/mol. The second-order valence-electron chi connectivity index (χ2n) is 9.86. The third kappa shape index (κ3) is 7.60. The number of amides is 2. The molecule has 0 aliphatic carbocycles. The minimum Gasteiger partial charge on any atom is -0.497 e. The van der Waals surface area contributed by atoms with Crippen molar-refractivity contribution in [3.8, 4) is 5.75 Å². The fourth-order valence-electron chi connectivity index (χ4n) is 4.46. The zero-order chi connectivity index (χ0) is 27.8. The monoisotopic (exact) mass is 529 g/mol. The summed E-state index contributed by atoms with van der Waals surface area (Å²) in [5, 5.41) is 7.42. The number of benzene rings is 3. The van der Waals surface area contributed by atoms with E-state index in [1.54, 1.807) is 30.3 Å². The Labute approximate surface area is 229 Å². The highest BCUT2D eigenvalue weighted by Gasteiger charge is 2.16. The molecule has 1 unspecified atom stereocenters. The van der Waals surface area contributed by atoms with Crippen molar-refractivity contribution in [3.05, 3.63) is 90.4 Å². The lowest BCUT2D eigenvalue weighted by Crippen LogP contribution is -2.35. The van der Waals surface area contributed by atoms with E-state index in [1.165, 1.54) is 12.1 Å². The van der Waals surface area contributed by atoms with Crippen LogP contribution < -0.4 is 20.3 Å². The van der Waals surface area contributed by atoms with Gasteiger partial charge in [-0.2, -0.15) is 0 Å². The first-order chi connectivity index (χ1) is 18.8. The molecule has 204 valence electrons. The highest BCUT2D eigenvalue weighted by Crippen LogP contribution is 2.28. The molecule has 0 aliphatic heterocycles. The first-order valence-electron chi connectivity index (χ1n) is 13.1. The van der Waals surface area contributed by atoms with Crippen LogP contribution in [-0.2, 0) is 6.54 Å². The minimum absolute atomic E-state index is 0.134. The van der Waals surface area contributed by atoms with Crippen LogP contribution in [0.1, 0.15) is 25.3 Å². The molecule has 3 aromatic carbocycles. The molecule has 0 aliphatic rings. The van der Waals surface area contributed by atoms with Gasteiger partial charge >= 0.3 is 6.03 Å². The van der Waals surface area contributed by atoms with E-state index in [0.717, 1.165) is 46.4 Å². The number of methoxy groups -OCH3 is 1. The minimum atomic E-state index is -0.391. The maximum Gasteiger partial charge on any atom is 0.322 e. The molecule has 2 amide bonds. The summed E-state index contributed by atoms with van der Waals surface area (Å²) in [5.41, 5.74) is 4.35. The van der Waals surface area contributed by atoms with Crippen molar-refractivity contribution < 1.29 is 13.9 Å². The Morgan fingerprint density at radius 1 is 1.05 bits per heavy atom. The van der Waals surface area contributed by atoms with E-state index >= 15 is 0 Å². The molecule has 0 bridgehead atoms. The van der Waals surface area contributed by atoms with E-state index < -0.39 is 5.82 Å². The second-order valence-corrected chi connectivity index (χ2v) is 9.86. The van der Waals surface area contributed by atoms with Gasteiger partial charge in [-0.1, -0.05) is 24.3 Å². The average molecular weight is 530 g/mol. The van der Waals surface area contributed by atoms with Crippen LogP contribution in [0.5, 0.6) is 5.75 Å². The summed E-state index contributed by atoms with van der Waals surface area (Å²) in [6.45, 7) is 3.10. The zero-order valence-corrected chi connectivity index (χ0v) is 22.9. The summed E-state index contributed by atoms with van der Waals surface area (Å²) < 4.78 is 19.2. The zero-order valence-electron chi connectivity index (χ0n) is 22.9. The number of hydrogen-bond donors (Lipinski definition) is 2. The molecule has 8 heteroatoms. The van der Waals surface area contributed by atoms with Crippen molar-refractivity contribution in [1.82, 2.24) is 9.88 Å². The quantitative estimate of drug-likeness (QED) is 0.225. The molecule has 4 aromatic rings. The van der Waals surface area contributed by atoms with Crippen LogP contribution >= 0.6 is 0 Å². The highest BCUT2D eigenvalue weighted by atomic mass is 19.1. The summed E-state index contributed by atoms with van der Waals surface area (Å²) >= 11 is 0. The fraction of sp³-hybridized carbons (Fsp3) is 0.290. The molecule has 0 fully saturated rings. The fourth-order valence-corrected chi connectivity index (χ4v) is 4.46. The number of nitrogens with one attached hydrogen (secondary N) is 2. The van der Waals surface area contributed by atoms with E-state index in [9.17, 15) is 9.18 Å². The van der Waals surface area contributed by atoms with Crippen LogP contribution in [0, 0.1) is 5.82 Å². The lowest BCUT2D eigenvalue weighted by molar-refractivity contribution is 0.207. The maximum absolute atomic E-state index is 13.7. The van der Waals surface area contributed by atoms with Crippen LogP contribution in [0.15, 0.2) is 79.0 Å². The highest BCUT2D eigenvalue weighted by molar-refractivity contribution is 5.92. The SMILES string of the molecule is COc1cc(NC(C)CCCN(Cc2ccc(N(C)C)cc2)C(=O)Nc2cccc(F)c2)c2ncccc2c1. The lowest BCUT2D eigenvalue weighted by Gasteiger charge is -2.25. The number of ether oxygens (including phenoxy) is 1. The predicted octanol–water partition coefficient (Wildman–Crippen LogP) is 6.76. The van der Waals surface area contributed by atoms with Gasteiger partial charge in [0.15, 0.2) is 0 Å². The van der Waals surface area contributed by atoms with Crippen LogP contribution in [0.25, 0.3) is 10.9 Å². The Morgan fingerprint density at radius 3 is 2.56 bits per heavy atom. The Morgan fingerprint density at radius 2 is 1.85 bits per heavy atom. The number of pyridine rings is 1. The number of rotatable bonds is 11. The standard InChI is InChI=1S/C31H36FN5O2/c1-22(34-29-20-28(39-4)18-24-9-6-16-33-30(24)29)8-7-17-37(21-23-12-14-27(15-13-23)36(2)3)31(38)35-26-11-5-10-25(32)19-26/h5-6,9-16,18-20,22,34H,7-8,17,21H2,1-4H3,(H,35,38). The number of aromatic nitrogens is 1. The summed E-state index contributed by atoms with van der Waals surface area (Å²) in [6.07, 6.45) is 3.38. The molecule has 0 radical (unpaired) electrons. The average Bonchev–Trinajstić information content (AvgIpc) is 2.92. The summed E-state index contributed by atoms with van der Waals surface area (Å²) in [6, 6.07) is 21.8. The van der Waals surface area contributed by atoms with Gasteiger partial charge in [0.2, 0.25) is 0 Å². The van der Waals surface area contributed by atoms with Gasteiger partial charge in [-0.3, -0.25) is 4.98 Å². The third-order valence-electron chi connectivity index (χ3n) is 6.57. The number of fused-ring (bicyclic) bond motifs is 1. The molecule has 0 saturated heterocycles. The van der Waals surface area contributed by atoms with E-state index in [-0.39, 0.29) is 12.1 Å². The normalized spacial score (nSPS) is 11.6. The van der Waals surface area contributed by atoms with Gasteiger partial charge in [0.05, 0.1) is 18.3 Å². The molecule has 2 N–H and O–H groups in total. The van der Waals surface area contributed by atoms with Crippen LogP contribution in [0.4, 0.5) is 26.2 Å². The smallest absolute Gasteiger partial charge is 0.322 e. The number of carbonyl (C=O) groups excluding carboxylic acids is 1. The van der Waals surface area contributed by atoms with Gasteiger partial charge in [-0.15, -0.1) is 0 Å². The summed E-state index contributed by atoms with van der Waals surface area (Å²) in [5.74, 6) is 0.378. The van der Waals surface area contributed by atoms with Crippen LogP contribution in [0.2, 0.25) is 0 Å². The first-order valence-corrected chi connectivity index (χ1v) is 13.1. The second kappa shape index (κ2) is 13.0. The van der Waals surface area contributed by atoms with Gasteiger partial charge in [-0.05, 0) is 67.8 Å². The Hall–Kier alpha value is -4.33. The van der Waals surface area contributed by atoms with E-state index in [4.69, 9.17) is 4.74 Å². The summed E-state index contributed by atoms with van der Waals surface area (Å²) in [4.78, 5) is 21.6. The van der Waals surface area contributed by atoms with E-state index in [0.29, 0.717) is 18.8 Å². The number of halogens is 1. The van der Waals surface area contributed by atoms with Gasteiger partial charge in [0, 0.05) is 62.3 Å². The summed E-state index contributed by atoms with van der Waals surface area (Å²) in [7, 11) is 5.64. The topological polar surface area (TPSA) is 69.7 Å². The third-order valence-corrected chi connectivity index (χ3v) is 6.57. The van der Waals surface area contributed by atoms with Crippen LogP contribution in [-0.4, -0.2) is 49.7 Å². The van der Waals surface area contributed by atoms with E-state index in [1.807, 2.05) is 67.5 Å². The van der Waals surface area contributed by atoms with Gasteiger partial charge in [0.1, 0.15) is 11.6 Å². The number of anilines is 3.